The number of hydrogen-bond donors (Lipinski definition) is 2. The molecule has 3 saturated carbocycles. The largest absolute Gasteiger partial charge is 0.379 e. The molecule has 1 aromatic carbocycles. The monoisotopic (exact) mass is 595 g/mol. The molecule has 0 radical (unpaired) electrons. The predicted octanol–water partition coefficient (Wildman–Crippen LogP) is 6.15. The van der Waals surface area contributed by atoms with Gasteiger partial charge in [-0.25, -0.2) is 9.97 Å². The smallest absolute Gasteiger partial charge is 0.229 e. The van der Waals surface area contributed by atoms with Crippen molar-refractivity contribution < 1.29 is 4.79 Å². The molecule has 8 nitrogen and oxygen atoms in total. The number of rotatable bonds is 10. The molecule has 0 unspecified atom stereocenters. The minimum Gasteiger partial charge on any atom is -0.379 e. The fourth-order valence-corrected chi connectivity index (χ4v) is 6.76. The highest BCUT2D eigenvalue weighted by Gasteiger charge is 2.44. The van der Waals surface area contributed by atoms with Crippen LogP contribution in [-0.2, 0) is 11.3 Å². The summed E-state index contributed by atoms with van der Waals surface area (Å²) < 4.78 is 2.24. The lowest BCUT2D eigenvalue weighted by atomic mass is 10.1. The number of nitrogens with zero attached hydrogens (tertiary/aromatic N) is 5. The molecule has 1 aliphatic heterocycles. The van der Waals surface area contributed by atoms with E-state index >= 15 is 0 Å². The van der Waals surface area contributed by atoms with Gasteiger partial charge in [-0.3, -0.25) is 9.69 Å². The van der Waals surface area contributed by atoms with Crippen molar-refractivity contribution in [1.82, 2.24) is 19.3 Å². The number of nitrogens with one attached hydrogen (secondary N) is 2. The number of carbonyl (C=O) groups is 1. The predicted molar refractivity (Wildman–Crippen MR) is 171 cm³/mol. The third-order valence-electron chi connectivity index (χ3n) is 9.47. The number of fused-ring (bicyclic) bond motifs is 1. The molecule has 1 amide bonds. The summed E-state index contributed by atoms with van der Waals surface area (Å²) in [6.45, 7) is 6.25. The van der Waals surface area contributed by atoms with Crippen molar-refractivity contribution in [1.29, 1.82) is 0 Å². The molecular formula is C34H38ClN7O. The summed E-state index contributed by atoms with van der Waals surface area (Å²) in [7, 11) is 0. The molecule has 9 heteroatoms. The Hall–Kier alpha value is -3.62. The Bertz CT molecular complexity index is 1650. The molecule has 4 aliphatic rings. The zero-order valence-electron chi connectivity index (χ0n) is 24.4. The Morgan fingerprint density at radius 2 is 1.84 bits per heavy atom. The topological polar surface area (TPSA) is 77.8 Å². The van der Waals surface area contributed by atoms with Crippen LogP contribution < -0.4 is 15.5 Å². The van der Waals surface area contributed by atoms with E-state index in [4.69, 9.17) is 16.6 Å². The summed E-state index contributed by atoms with van der Waals surface area (Å²) in [5, 5.41) is 7.21. The summed E-state index contributed by atoms with van der Waals surface area (Å²) in [5.41, 5.74) is 6.75. The number of carbonyl (C=O) groups excluding carboxylic acids is 1. The lowest BCUT2D eigenvalue weighted by molar-refractivity contribution is -0.117. The minimum absolute atomic E-state index is 0.00217. The first kappa shape index (κ1) is 27.0. The summed E-state index contributed by atoms with van der Waals surface area (Å²) in [6, 6.07) is 14.0. The van der Waals surface area contributed by atoms with Gasteiger partial charge in [0.25, 0.3) is 0 Å². The van der Waals surface area contributed by atoms with Gasteiger partial charge >= 0.3 is 0 Å². The van der Waals surface area contributed by atoms with Crippen LogP contribution in [0.15, 0.2) is 61.1 Å². The third kappa shape index (κ3) is 6.08. The van der Waals surface area contributed by atoms with Gasteiger partial charge in [0.2, 0.25) is 5.91 Å². The van der Waals surface area contributed by atoms with E-state index < -0.39 is 0 Å². The first-order valence-corrected chi connectivity index (χ1v) is 16.2. The van der Waals surface area contributed by atoms with Crippen molar-refractivity contribution >= 4 is 40.3 Å². The molecule has 2 N–H and O–H groups in total. The number of piperazine rings is 1. The minimum atomic E-state index is -0.0502. The van der Waals surface area contributed by atoms with E-state index in [0.717, 1.165) is 61.1 Å². The zero-order valence-corrected chi connectivity index (χ0v) is 25.1. The molecule has 4 aromatic rings. The average Bonchev–Trinajstić information content (AvgIpc) is 3.88. The maximum absolute atomic E-state index is 12.9. The van der Waals surface area contributed by atoms with E-state index in [9.17, 15) is 4.79 Å². The van der Waals surface area contributed by atoms with Crippen LogP contribution >= 0.6 is 11.6 Å². The van der Waals surface area contributed by atoms with E-state index in [1.807, 2.05) is 36.4 Å². The normalized spacial score (nSPS) is 22.1. The van der Waals surface area contributed by atoms with Crippen molar-refractivity contribution in [2.45, 2.75) is 50.5 Å². The number of pyridine rings is 2. The number of halogens is 1. The van der Waals surface area contributed by atoms with Crippen LogP contribution in [-0.4, -0.2) is 57.9 Å². The number of anilines is 3. The molecule has 8 rings (SSSR count). The second-order valence-electron chi connectivity index (χ2n) is 12.9. The molecule has 43 heavy (non-hydrogen) atoms. The van der Waals surface area contributed by atoms with Gasteiger partial charge in [0.15, 0.2) is 5.65 Å². The summed E-state index contributed by atoms with van der Waals surface area (Å²) in [6.07, 6.45) is 12.4. The summed E-state index contributed by atoms with van der Waals surface area (Å²) in [5.74, 6) is 2.35. The molecule has 222 valence electrons. The van der Waals surface area contributed by atoms with Crippen LogP contribution in [0.2, 0.25) is 5.02 Å². The molecule has 4 heterocycles. The standard InChI is InChI=1S/C34H38ClN7O/c35-26-3-1-2-24(14-26)29-17-30(29)34(43)39-32-16-27(8-9-36-32)37-18-28-21-42-20-25(23-6-7-23)15-31(33(42)38-28)41-12-10-40(11-13-41)19-22-4-5-22/h1-3,8-9,14-16,20-23,29-30H,4-7,10-13,17-19H2,(H2,36,37,39,43)/t29-,30+/m1/s1. The maximum atomic E-state index is 12.9. The number of amides is 1. The Morgan fingerprint density at radius 3 is 2.63 bits per heavy atom. The van der Waals surface area contributed by atoms with Gasteiger partial charge in [0, 0.05) is 74.0 Å². The fourth-order valence-electron chi connectivity index (χ4n) is 6.56. The quantitative estimate of drug-likeness (QED) is 0.229. The van der Waals surface area contributed by atoms with Crippen LogP contribution in [0.5, 0.6) is 0 Å². The van der Waals surface area contributed by atoms with E-state index in [2.05, 4.69) is 48.3 Å². The molecule has 3 aromatic heterocycles. The van der Waals surface area contributed by atoms with Crippen LogP contribution in [0.4, 0.5) is 17.2 Å². The lowest BCUT2D eigenvalue weighted by Crippen LogP contribution is -2.47. The second kappa shape index (κ2) is 11.1. The van der Waals surface area contributed by atoms with Crippen molar-refractivity contribution in [3.8, 4) is 0 Å². The highest BCUT2D eigenvalue weighted by molar-refractivity contribution is 6.30. The van der Waals surface area contributed by atoms with Crippen molar-refractivity contribution in [3.63, 3.8) is 0 Å². The zero-order chi connectivity index (χ0) is 28.9. The number of imidazole rings is 1. The number of benzene rings is 1. The Balaban J connectivity index is 0.930. The van der Waals surface area contributed by atoms with Gasteiger partial charge in [0.1, 0.15) is 5.82 Å². The van der Waals surface area contributed by atoms with Gasteiger partial charge in [-0.05, 0) is 85.3 Å². The van der Waals surface area contributed by atoms with E-state index in [1.54, 1.807) is 6.20 Å². The highest BCUT2D eigenvalue weighted by atomic mass is 35.5. The Morgan fingerprint density at radius 1 is 0.977 bits per heavy atom. The van der Waals surface area contributed by atoms with E-state index in [0.29, 0.717) is 23.3 Å². The summed E-state index contributed by atoms with van der Waals surface area (Å²) >= 11 is 6.15. The molecule has 4 fully saturated rings. The van der Waals surface area contributed by atoms with Crippen LogP contribution in [0.25, 0.3) is 5.65 Å². The number of hydrogen-bond acceptors (Lipinski definition) is 6. The van der Waals surface area contributed by atoms with Gasteiger partial charge < -0.3 is 19.9 Å². The van der Waals surface area contributed by atoms with Crippen molar-refractivity contribution in [2.24, 2.45) is 11.8 Å². The first-order valence-electron chi connectivity index (χ1n) is 15.8. The van der Waals surface area contributed by atoms with Gasteiger partial charge in [-0.15, -0.1) is 0 Å². The first-order chi connectivity index (χ1) is 21.1. The molecule has 1 saturated heterocycles. The van der Waals surface area contributed by atoms with Crippen molar-refractivity contribution in [3.05, 3.63) is 82.9 Å². The average molecular weight is 596 g/mol. The van der Waals surface area contributed by atoms with E-state index in [1.165, 1.54) is 43.5 Å². The van der Waals surface area contributed by atoms with E-state index in [-0.39, 0.29) is 17.7 Å². The number of aromatic nitrogens is 3. The van der Waals surface area contributed by atoms with Gasteiger partial charge in [-0.1, -0.05) is 23.7 Å². The molecular weight excluding hydrogens is 558 g/mol. The molecule has 0 bridgehead atoms. The van der Waals surface area contributed by atoms with Crippen LogP contribution in [0.1, 0.15) is 60.8 Å². The van der Waals surface area contributed by atoms with Crippen LogP contribution in [0, 0.1) is 11.8 Å². The van der Waals surface area contributed by atoms with Gasteiger partial charge in [0.05, 0.1) is 17.9 Å². The molecule has 3 aliphatic carbocycles. The Labute approximate surface area is 257 Å². The third-order valence-corrected chi connectivity index (χ3v) is 9.70. The maximum Gasteiger partial charge on any atom is 0.229 e. The van der Waals surface area contributed by atoms with Crippen LogP contribution in [0.3, 0.4) is 0 Å². The lowest BCUT2D eigenvalue weighted by Gasteiger charge is -2.36. The second-order valence-corrected chi connectivity index (χ2v) is 13.3. The highest BCUT2D eigenvalue weighted by Crippen LogP contribution is 2.48. The molecule has 0 spiro atoms. The Kier molecular flexibility index (Phi) is 6.99. The SMILES string of the molecule is O=C(Nc1cc(NCc2cn3cc(C4CC4)cc(N4CCN(CC5CC5)CC4)c3n2)ccn1)[C@H]1C[C@@H]1c1cccc(Cl)c1. The summed E-state index contributed by atoms with van der Waals surface area (Å²) in [4.78, 5) is 27.6. The van der Waals surface area contributed by atoms with Gasteiger partial charge in [-0.2, -0.15) is 0 Å². The molecule has 2 atom stereocenters. The van der Waals surface area contributed by atoms with Crippen molar-refractivity contribution in [2.75, 3.05) is 48.3 Å². The fraction of sp³-hybridized carbons (Fsp3) is 0.441.